The van der Waals surface area contributed by atoms with E-state index in [1.165, 1.54) is 13.2 Å². The number of hydrogen-bond acceptors (Lipinski definition) is 6. The van der Waals surface area contributed by atoms with Crippen LogP contribution in [0.4, 0.5) is 10.3 Å². The number of hydrogen-bond donors (Lipinski definition) is 1. The molecule has 29 heavy (non-hydrogen) atoms. The molecule has 152 valence electrons. The van der Waals surface area contributed by atoms with Crippen molar-refractivity contribution >= 4 is 33.5 Å². The maximum absolute atomic E-state index is 14.0. The van der Waals surface area contributed by atoms with Gasteiger partial charge in [-0.1, -0.05) is 44.8 Å². The second kappa shape index (κ2) is 9.71. The van der Waals surface area contributed by atoms with Crippen molar-refractivity contribution in [1.82, 2.24) is 20.2 Å². The van der Waals surface area contributed by atoms with Gasteiger partial charge in [0.05, 0.1) is 18.7 Å². The molecule has 10 heteroatoms. The van der Waals surface area contributed by atoms with Crippen LogP contribution in [0.25, 0.3) is 0 Å². The normalized spacial score (nSPS) is 10.6. The molecule has 1 aromatic heterocycles. The Morgan fingerprint density at radius 3 is 2.90 bits per heavy atom. The van der Waals surface area contributed by atoms with Gasteiger partial charge in [0.2, 0.25) is 5.95 Å². The highest BCUT2D eigenvalue weighted by atomic mass is 79.9. The van der Waals surface area contributed by atoms with Crippen molar-refractivity contribution in [2.75, 3.05) is 12.4 Å². The molecule has 1 heterocycles. The molecule has 0 fully saturated rings. The zero-order valence-electron chi connectivity index (χ0n) is 15.5. The third-order valence-electron chi connectivity index (χ3n) is 4.04. The molecule has 0 saturated carbocycles. The summed E-state index contributed by atoms with van der Waals surface area (Å²) in [5.41, 5.74) is 1.18. The van der Waals surface area contributed by atoms with Crippen molar-refractivity contribution in [2.45, 2.75) is 19.7 Å². The number of benzene rings is 2. The lowest BCUT2D eigenvalue weighted by molar-refractivity contribution is 0.279. The number of ether oxygens (including phenoxy) is 2. The van der Waals surface area contributed by atoms with Crippen LogP contribution in [0.3, 0.4) is 0 Å². The monoisotopic (exact) mass is 481 g/mol. The second-order valence-corrected chi connectivity index (χ2v) is 7.17. The van der Waals surface area contributed by atoms with E-state index in [1.807, 2.05) is 6.07 Å². The first-order chi connectivity index (χ1) is 14.0. The number of methoxy groups -OCH3 is 1. The average molecular weight is 483 g/mol. The molecule has 2 aromatic carbocycles. The summed E-state index contributed by atoms with van der Waals surface area (Å²) in [6, 6.07) is 8.08. The van der Waals surface area contributed by atoms with Crippen molar-refractivity contribution in [2.24, 2.45) is 0 Å². The number of aromatic nitrogens is 4. The van der Waals surface area contributed by atoms with Crippen LogP contribution in [0.1, 0.15) is 11.1 Å². The van der Waals surface area contributed by atoms with Crippen LogP contribution in [0.15, 0.2) is 47.5 Å². The molecule has 3 rings (SSSR count). The largest absolute Gasteiger partial charge is 0.493 e. The number of tetrazole rings is 1. The molecule has 0 aliphatic heterocycles. The highest BCUT2D eigenvalue weighted by molar-refractivity contribution is 9.10. The summed E-state index contributed by atoms with van der Waals surface area (Å²) in [5, 5.41) is 14.9. The van der Waals surface area contributed by atoms with E-state index in [1.54, 1.807) is 29.0 Å². The fraction of sp³-hybridized carbons (Fsp3) is 0.211. The number of rotatable bonds is 9. The highest BCUT2D eigenvalue weighted by Crippen LogP contribution is 2.35. The smallest absolute Gasteiger partial charge is 0.243 e. The van der Waals surface area contributed by atoms with Crippen LogP contribution in [0, 0.1) is 5.82 Å². The number of allylic oxidation sites excluding steroid dienone is 1. The summed E-state index contributed by atoms with van der Waals surface area (Å²) in [6.45, 7) is 4.58. The van der Waals surface area contributed by atoms with E-state index in [4.69, 9.17) is 21.1 Å². The molecule has 0 aliphatic carbocycles. The first kappa shape index (κ1) is 21.1. The quantitative estimate of drug-likeness (QED) is 0.449. The van der Waals surface area contributed by atoms with Crippen molar-refractivity contribution in [3.63, 3.8) is 0 Å². The fourth-order valence-electron chi connectivity index (χ4n) is 2.56. The van der Waals surface area contributed by atoms with Crippen LogP contribution < -0.4 is 14.8 Å². The number of nitrogens with one attached hydrogen (secondary N) is 1. The molecule has 0 saturated heterocycles. The van der Waals surface area contributed by atoms with E-state index >= 15 is 0 Å². The Hall–Kier alpha value is -2.65. The first-order valence-electron chi connectivity index (χ1n) is 8.56. The Labute approximate surface area is 180 Å². The van der Waals surface area contributed by atoms with Gasteiger partial charge in [0.25, 0.3) is 0 Å². The minimum Gasteiger partial charge on any atom is -0.493 e. The molecule has 0 atom stereocenters. The van der Waals surface area contributed by atoms with E-state index < -0.39 is 5.82 Å². The SMILES string of the molecule is C=CCn1nnnc1NCc1cc(OC)c(OCc2c(F)cccc2Cl)cc1Br. The van der Waals surface area contributed by atoms with Gasteiger partial charge < -0.3 is 14.8 Å². The third-order valence-corrected chi connectivity index (χ3v) is 5.13. The summed E-state index contributed by atoms with van der Waals surface area (Å²) in [7, 11) is 1.54. The maximum atomic E-state index is 14.0. The van der Waals surface area contributed by atoms with Crippen LogP contribution >= 0.6 is 27.5 Å². The summed E-state index contributed by atoms with van der Waals surface area (Å²) in [6.07, 6.45) is 1.70. The number of halogens is 3. The Bertz CT molecular complexity index is 994. The van der Waals surface area contributed by atoms with Gasteiger partial charge >= 0.3 is 0 Å². The molecular formula is C19H18BrClFN5O2. The lowest BCUT2D eigenvalue weighted by Crippen LogP contribution is -2.09. The van der Waals surface area contributed by atoms with Gasteiger partial charge in [0.15, 0.2) is 11.5 Å². The first-order valence-corrected chi connectivity index (χ1v) is 9.73. The lowest BCUT2D eigenvalue weighted by Gasteiger charge is -2.15. The molecule has 0 aliphatic rings. The molecule has 0 spiro atoms. The van der Waals surface area contributed by atoms with Crippen molar-refractivity contribution < 1.29 is 13.9 Å². The van der Waals surface area contributed by atoms with Gasteiger partial charge in [-0.15, -0.1) is 6.58 Å². The average Bonchev–Trinajstić information content (AvgIpc) is 3.14. The van der Waals surface area contributed by atoms with Gasteiger partial charge in [-0.3, -0.25) is 0 Å². The topological polar surface area (TPSA) is 74.1 Å². The van der Waals surface area contributed by atoms with Crippen LogP contribution in [0.5, 0.6) is 11.5 Å². The molecule has 0 radical (unpaired) electrons. The van der Waals surface area contributed by atoms with Gasteiger partial charge in [0.1, 0.15) is 12.4 Å². The van der Waals surface area contributed by atoms with Crippen molar-refractivity contribution in [3.8, 4) is 11.5 Å². The molecule has 3 aromatic rings. The molecule has 0 amide bonds. The summed E-state index contributed by atoms with van der Waals surface area (Å²) < 4.78 is 27.5. The van der Waals surface area contributed by atoms with Crippen LogP contribution in [0.2, 0.25) is 5.02 Å². The summed E-state index contributed by atoms with van der Waals surface area (Å²) >= 11 is 9.59. The van der Waals surface area contributed by atoms with E-state index in [-0.39, 0.29) is 12.2 Å². The molecule has 0 bridgehead atoms. The van der Waals surface area contributed by atoms with Gasteiger partial charge in [-0.05, 0) is 40.3 Å². The van der Waals surface area contributed by atoms with E-state index in [9.17, 15) is 4.39 Å². The predicted octanol–water partition coefficient (Wildman–Crippen LogP) is 4.61. The predicted molar refractivity (Wildman–Crippen MR) is 112 cm³/mol. The van der Waals surface area contributed by atoms with Gasteiger partial charge in [0, 0.05) is 16.6 Å². The minimum atomic E-state index is -0.423. The van der Waals surface area contributed by atoms with Crippen LogP contribution in [-0.2, 0) is 19.7 Å². The van der Waals surface area contributed by atoms with Gasteiger partial charge in [-0.25, -0.2) is 9.07 Å². The summed E-state index contributed by atoms with van der Waals surface area (Å²) in [4.78, 5) is 0. The van der Waals surface area contributed by atoms with E-state index in [0.29, 0.717) is 35.6 Å². The maximum Gasteiger partial charge on any atom is 0.243 e. The molecular weight excluding hydrogens is 465 g/mol. The molecule has 0 unspecified atom stereocenters. The second-order valence-electron chi connectivity index (χ2n) is 5.91. The van der Waals surface area contributed by atoms with Crippen LogP contribution in [-0.4, -0.2) is 27.3 Å². The Balaban J connectivity index is 1.75. The number of anilines is 1. The summed E-state index contributed by atoms with van der Waals surface area (Å²) in [5.74, 6) is 1.06. The van der Waals surface area contributed by atoms with E-state index in [0.717, 1.165) is 10.0 Å². The van der Waals surface area contributed by atoms with Crippen molar-refractivity contribution in [1.29, 1.82) is 0 Å². The van der Waals surface area contributed by atoms with E-state index in [2.05, 4.69) is 43.4 Å². The Morgan fingerprint density at radius 2 is 2.17 bits per heavy atom. The number of nitrogens with zero attached hydrogens (tertiary/aromatic N) is 4. The molecule has 1 N–H and O–H groups in total. The zero-order valence-corrected chi connectivity index (χ0v) is 17.9. The minimum absolute atomic E-state index is 0.0256. The highest BCUT2D eigenvalue weighted by Gasteiger charge is 2.14. The molecule has 7 nitrogen and oxygen atoms in total. The zero-order chi connectivity index (χ0) is 20.8. The third kappa shape index (κ3) is 5.04. The standard InChI is InChI=1S/C19H18BrClFN5O2/c1-3-7-27-19(24-25-26-27)23-10-12-8-17(28-2)18(9-14(12)20)29-11-13-15(21)5-4-6-16(13)22/h3-6,8-9H,1,7,10-11H2,2H3,(H,23,24,26). The fourth-order valence-corrected chi connectivity index (χ4v) is 3.24. The lowest BCUT2D eigenvalue weighted by atomic mass is 10.2. The van der Waals surface area contributed by atoms with Gasteiger partial charge in [-0.2, -0.15) is 0 Å². The Kier molecular flexibility index (Phi) is 7.05. The van der Waals surface area contributed by atoms with Crippen molar-refractivity contribution in [3.05, 3.63) is 69.4 Å². The Morgan fingerprint density at radius 1 is 1.34 bits per heavy atom.